The van der Waals surface area contributed by atoms with Crippen molar-refractivity contribution in [3.8, 4) is 0 Å². The molecule has 3 amide bonds. The Kier molecular flexibility index (Phi) is 12.9. The number of ether oxygens (including phenoxy) is 2. The normalized spacial score (nSPS) is 18.4. The molecule has 4 heterocycles. The number of nitrogens with one attached hydrogen (secondary N) is 1. The van der Waals surface area contributed by atoms with E-state index in [1.165, 1.54) is 16.7 Å². The first-order valence-corrected chi connectivity index (χ1v) is 19.7. The predicted octanol–water partition coefficient (Wildman–Crippen LogP) is 2.78. The lowest BCUT2D eigenvalue weighted by molar-refractivity contribution is -0.688. The van der Waals surface area contributed by atoms with Crippen molar-refractivity contribution in [2.75, 3.05) is 12.3 Å². The minimum absolute atomic E-state index is 0. The lowest BCUT2D eigenvalue weighted by atomic mass is 10.00. The summed E-state index contributed by atoms with van der Waals surface area (Å²) in [6.07, 6.45) is 4.51. The molecule has 3 aliphatic heterocycles. The van der Waals surface area contributed by atoms with Crippen LogP contribution in [0.1, 0.15) is 65.9 Å². The average Bonchev–Trinajstić information content (AvgIpc) is 3.53. The molecule has 2 atom stereocenters. The number of benzene rings is 3. The second-order valence-electron chi connectivity index (χ2n) is 15.0. The van der Waals surface area contributed by atoms with Gasteiger partial charge in [-0.3, -0.25) is 14.5 Å². The van der Waals surface area contributed by atoms with E-state index in [0.29, 0.717) is 43.0 Å². The molecule has 2 saturated heterocycles. The number of aromatic nitrogens is 1. The van der Waals surface area contributed by atoms with E-state index < -0.39 is 47.1 Å². The molecule has 0 bridgehead atoms. The highest BCUT2D eigenvalue weighted by Gasteiger charge is 2.55. The number of carboxylic acids is 1. The number of nitrogens with zero attached hydrogens (tertiary/aromatic N) is 3. The van der Waals surface area contributed by atoms with E-state index in [0.717, 1.165) is 22.3 Å². The molecule has 4 aromatic rings. The third kappa shape index (κ3) is 9.51. The number of allylic oxidation sites excluding steroid dienone is 1. The van der Waals surface area contributed by atoms with Crippen molar-refractivity contribution >= 4 is 41.6 Å². The Hall–Kier alpha value is -5.73. The summed E-state index contributed by atoms with van der Waals surface area (Å²) in [7, 11) is 0. The fourth-order valence-electron chi connectivity index (χ4n) is 6.97. The molecule has 12 nitrogen and oxygen atoms in total. The van der Waals surface area contributed by atoms with E-state index in [1.807, 2.05) is 89.8 Å². The van der Waals surface area contributed by atoms with Crippen molar-refractivity contribution in [1.29, 1.82) is 0 Å². The minimum Gasteiger partial charge on any atom is -1.00 e. The number of thioether (sulfide) groups is 1. The second-order valence-corrected chi connectivity index (χ2v) is 16.1. The van der Waals surface area contributed by atoms with Gasteiger partial charge in [-0.1, -0.05) is 72.8 Å². The van der Waals surface area contributed by atoms with Gasteiger partial charge in [0.05, 0.1) is 5.56 Å². The van der Waals surface area contributed by atoms with Crippen molar-refractivity contribution in [3.63, 3.8) is 0 Å². The number of β-lactam (4-membered cyclic amide) rings is 1. The molecule has 2 unspecified atom stereocenters. The SMILES string of the molecule is CC(C)(C)OC(=O)NC1C(=O)N2C(C(=O)OC(c3ccccc3)c3ccccc3)=C(C=C3CCN(Cc4cc[n+](Cc5ccc(C(=O)O)cc5)cc4)C3=O)CSC12.[Br-]. The van der Waals surface area contributed by atoms with Crippen molar-refractivity contribution in [2.45, 2.75) is 63.4 Å². The molecule has 3 aromatic carbocycles. The maximum atomic E-state index is 14.4. The molecular weight excluding hydrogens is 824 g/mol. The second kappa shape index (κ2) is 17.8. The first-order chi connectivity index (χ1) is 27.3. The Bertz CT molecular complexity index is 2200. The number of carbonyl (C=O) groups excluding carboxylic acids is 4. The number of fused-ring (bicyclic) bond motifs is 1. The van der Waals surface area contributed by atoms with Crippen LogP contribution in [0.3, 0.4) is 0 Å². The number of rotatable bonds is 11. The number of esters is 1. The fraction of sp³-hybridized carbons (Fsp3) is 0.273. The van der Waals surface area contributed by atoms with Gasteiger partial charge in [0.25, 0.3) is 5.91 Å². The summed E-state index contributed by atoms with van der Waals surface area (Å²) in [5, 5.41) is 11.3. The summed E-state index contributed by atoms with van der Waals surface area (Å²) in [5.41, 5.74) is 3.92. The molecule has 0 spiro atoms. The Morgan fingerprint density at radius 3 is 2.12 bits per heavy atom. The highest BCUT2D eigenvalue weighted by Crippen LogP contribution is 2.43. The van der Waals surface area contributed by atoms with Crippen LogP contribution in [0.5, 0.6) is 0 Å². The van der Waals surface area contributed by atoms with Crippen molar-refractivity contribution in [1.82, 2.24) is 15.1 Å². The maximum absolute atomic E-state index is 14.4. The van der Waals surface area contributed by atoms with Gasteiger partial charge in [-0.15, -0.1) is 11.8 Å². The molecule has 300 valence electrons. The number of pyridine rings is 1. The number of hydrogen-bond acceptors (Lipinski definition) is 8. The van der Waals surface area contributed by atoms with Crippen molar-refractivity contribution in [3.05, 3.63) is 160 Å². The summed E-state index contributed by atoms with van der Waals surface area (Å²) in [6.45, 7) is 6.62. The molecule has 0 aliphatic carbocycles. The molecule has 58 heavy (non-hydrogen) atoms. The number of carboxylic acid groups (broad SMARTS) is 1. The monoisotopic (exact) mass is 866 g/mol. The zero-order valence-electron chi connectivity index (χ0n) is 32.2. The third-order valence-corrected chi connectivity index (χ3v) is 11.1. The summed E-state index contributed by atoms with van der Waals surface area (Å²) in [6, 6.07) is 28.4. The Morgan fingerprint density at radius 2 is 1.53 bits per heavy atom. The summed E-state index contributed by atoms with van der Waals surface area (Å²) in [5.74, 6) is -2.03. The largest absolute Gasteiger partial charge is 1.00 e. The van der Waals surface area contributed by atoms with E-state index in [4.69, 9.17) is 14.6 Å². The quantitative estimate of drug-likeness (QED) is 0.101. The third-order valence-electron chi connectivity index (χ3n) is 9.75. The zero-order valence-corrected chi connectivity index (χ0v) is 34.6. The molecule has 0 radical (unpaired) electrons. The first kappa shape index (κ1) is 41.9. The molecule has 14 heteroatoms. The van der Waals surface area contributed by atoms with Crippen LogP contribution in [0.15, 0.2) is 132 Å². The van der Waals surface area contributed by atoms with Gasteiger partial charge in [0, 0.05) is 42.1 Å². The molecule has 0 saturated carbocycles. The number of alkyl carbamates (subject to hydrolysis) is 1. The maximum Gasteiger partial charge on any atom is 0.408 e. The lowest BCUT2D eigenvalue weighted by Crippen LogP contribution is -3.00. The van der Waals surface area contributed by atoms with Crippen LogP contribution >= 0.6 is 11.8 Å². The molecule has 2 fully saturated rings. The Labute approximate surface area is 351 Å². The van der Waals surface area contributed by atoms with Crippen LogP contribution < -0.4 is 26.9 Å². The van der Waals surface area contributed by atoms with Gasteiger partial charge in [-0.2, -0.15) is 0 Å². The van der Waals surface area contributed by atoms with Crippen LogP contribution in [0.4, 0.5) is 4.79 Å². The number of hydrogen-bond donors (Lipinski definition) is 2. The first-order valence-electron chi connectivity index (χ1n) is 18.6. The van der Waals surface area contributed by atoms with Crippen LogP contribution in [-0.2, 0) is 36.9 Å². The van der Waals surface area contributed by atoms with Crippen LogP contribution in [0.25, 0.3) is 0 Å². The highest BCUT2D eigenvalue weighted by atomic mass is 79.9. The predicted molar refractivity (Wildman–Crippen MR) is 211 cm³/mol. The number of carbonyl (C=O) groups is 5. The smallest absolute Gasteiger partial charge is 0.408 e. The van der Waals surface area contributed by atoms with Gasteiger partial charge in [0.2, 0.25) is 5.91 Å². The Balaban J connectivity index is 0.00000567. The number of halogens is 1. The van der Waals surface area contributed by atoms with Gasteiger partial charge in [-0.25, -0.2) is 19.0 Å². The van der Waals surface area contributed by atoms with Crippen molar-refractivity contribution in [2.24, 2.45) is 0 Å². The van der Waals surface area contributed by atoms with Gasteiger partial charge in [0.1, 0.15) is 22.7 Å². The fourth-order valence-corrected chi connectivity index (χ4v) is 8.28. The molecular formula is C44H43BrN4O8S. The summed E-state index contributed by atoms with van der Waals surface area (Å²) < 4.78 is 13.6. The summed E-state index contributed by atoms with van der Waals surface area (Å²) in [4.78, 5) is 69.0. The lowest BCUT2D eigenvalue weighted by Gasteiger charge is -2.49. The van der Waals surface area contributed by atoms with E-state index in [1.54, 1.807) is 56.0 Å². The number of likely N-dealkylation sites (tertiary alicyclic amines) is 1. The van der Waals surface area contributed by atoms with Gasteiger partial charge in [0.15, 0.2) is 25.0 Å². The average molecular weight is 868 g/mol. The summed E-state index contributed by atoms with van der Waals surface area (Å²) >= 11 is 1.39. The van der Waals surface area contributed by atoms with E-state index >= 15 is 0 Å². The number of amides is 3. The van der Waals surface area contributed by atoms with Crippen LogP contribution in [0.2, 0.25) is 0 Å². The Morgan fingerprint density at radius 1 is 0.914 bits per heavy atom. The molecule has 2 N–H and O–H groups in total. The van der Waals surface area contributed by atoms with Crippen molar-refractivity contribution < 1.29 is 60.1 Å². The number of aromatic carboxylic acids is 1. The van der Waals surface area contributed by atoms with E-state index in [2.05, 4.69) is 5.32 Å². The zero-order chi connectivity index (χ0) is 40.3. The van der Waals surface area contributed by atoms with Crippen LogP contribution in [-0.4, -0.2) is 74.1 Å². The topological polar surface area (TPSA) is 146 Å². The molecule has 1 aromatic heterocycles. The molecule has 3 aliphatic rings. The van der Waals surface area contributed by atoms with E-state index in [9.17, 15) is 24.0 Å². The minimum atomic E-state index is -0.969. The molecule has 7 rings (SSSR count). The van der Waals surface area contributed by atoms with Gasteiger partial charge < -0.3 is 41.8 Å². The van der Waals surface area contributed by atoms with Gasteiger partial charge in [-0.05, 0) is 67.7 Å². The highest BCUT2D eigenvalue weighted by molar-refractivity contribution is 8.00. The standard InChI is InChI=1S/C44H42N4O8S.BrH/c1-44(2,3)56-43(54)45-35-39(50)48-36(42(53)55-37(30-10-6-4-7-11-30)31-12-8-5-9-13-31)34(27-57-40(35)48)24-33-20-23-47(38(33)49)26-29-18-21-46(22-19-29)25-28-14-16-32(17-15-28)41(51)52;/h4-19,21-22,24,35,37,40H,20,23,25-27H2,1-3H3,(H-,45,51,52,54);1H. The van der Waals surface area contributed by atoms with E-state index in [-0.39, 0.29) is 34.1 Å². The van der Waals surface area contributed by atoms with Gasteiger partial charge >= 0.3 is 18.0 Å². The van der Waals surface area contributed by atoms with Crippen LogP contribution in [0, 0.1) is 0 Å².